The van der Waals surface area contributed by atoms with Crippen molar-refractivity contribution in [3.8, 4) is 0 Å². The zero-order valence-electron chi connectivity index (χ0n) is 11.7. The minimum Gasteiger partial charge on any atom is -0.463 e. The summed E-state index contributed by atoms with van der Waals surface area (Å²) < 4.78 is 16.6. The number of carbonyl (C=O) groups is 1. The maximum Gasteiger partial charge on any atom is 0.330 e. The molecule has 0 bridgehead atoms. The van der Waals surface area contributed by atoms with E-state index in [0.29, 0.717) is 12.6 Å². The van der Waals surface area contributed by atoms with Crippen molar-refractivity contribution in [1.29, 1.82) is 0 Å². The second-order valence-electron chi connectivity index (χ2n) is 5.15. The number of piperidine rings is 1. The van der Waals surface area contributed by atoms with E-state index in [1.807, 2.05) is 6.08 Å². The van der Waals surface area contributed by atoms with Gasteiger partial charge in [-0.25, -0.2) is 4.79 Å². The quantitative estimate of drug-likeness (QED) is 0.619. The second-order valence-corrected chi connectivity index (χ2v) is 5.15. The highest BCUT2D eigenvalue weighted by molar-refractivity contribution is 5.81. The van der Waals surface area contributed by atoms with Gasteiger partial charge in [-0.05, 0) is 20.3 Å². The monoisotopic (exact) mass is 269 g/mol. The summed E-state index contributed by atoms with van der Waals surface area (Å²) in [7, 11) is 0. The Hall–Kier alpha value is -0.910. The van der Waals surface area contributed by atoms with Crippen LogP contribution in [-0.2, 0) is 19.0 Å². The van der Waals surface area contributed by atoms with Gasteiger partial charge in [-0.2, -0.15) is 0 Å². The van der Waals surface area contributed by atoms with Crippen molar-refractivity contribution in [3.05, 3.63) is 12.2 Å². The molecular weight excluding hydrogens is 246 g/mol. The first kappa shape index (κ1) is 14.5. The van der Waals surface area contributed by atoms with E-state index < -0.39 is 5.79 Å². The van der Waals surface area contributed by atoms with Gasteiger partial charge in [0.05, 0.1) is 19.8 Å². The van der Waals surface area contributed by atoms with E-state index in [4.69, 9.17) is 14.2 Å². The third kappa shape index (κ3) is 4.03. The van der Waals surface area contributed by atoms with Gasteiger partial charge in [0.2, 0.25) is 0 Å². The number of hydrogen-bond donors (Lipinski definition) is 1. The highest BCUT2D eigenvalue weighted by Gasteiger charge is 2.41. The third-order valence-electron chi connectivity index (χ3n) is 3.42. The van der Waals surface area contributed by atoms with Crippen LogP contribution < -0.4 is 5.32 Å². The van der Waals surface area contributed by atoms with E-state index in [2.05, 4.69) is 12.2 Å². The average Bonchev–Trinajstić information content (AvgIpc) is 2.37. The molecule has 2 aliphatic rings. The molecule has 0 amide bonds. The minimum atomic E-state index is -0.480. The molecule has 19 heavy (non-hydrogen) atoms. The Balaban J connectivity index is 1.95. The number of ether oxygens (including phenoxy) is 3. The first-order valence-corrected chi connectivity index (χ1v) is 7.02. The summed E-state index contributed by atoms with van der Waals surface area (Å²) in [6, 6.07) is 0.370. The molecule has 2 aliphatic heterocycles. The molecule has 2 fully saturated rings. The van der Waals surface area contributed by atoms with Crippen LogP contribution in [0.2, 0.25) is 0 Å². The summed E-state index contributed by atoms with van der Waals surface area (Å²) in [4.78, 5) is 11.3. The molecule has 1 N–H and O–H groups in total. The van der Waals surface area contributed by atoms with Gasteiger partial charge in [-0.15, -0.1) is 0 Å². The van der Waals surface area contributed by atoms with Crippen molar-refractivity contribution in [1.82, 2.24) is 5.32 Å². The lowest BCUT2D eigenvalue weighted by molar-refractivity contribution is -0.283. The SMILES string of the molecule is CCOC(=O)/C=C/[C@H]1CC2(C[C@@H](C)N1)OCCCO2. The van der Waals surface area contributed by atoms with Crippen LogP contribution in [0.25, 0.3) is 0 Å². The molecule has 2 saturated heterocycles. The van der Waals surface area contributed by atoms with Gasteiger partial charge in [-0.1, -0.05) is 6.08 Å². The summed E-state index contributed by atoms with van der Waals surface area (Å²) in [5, 5.41) is 3.43. The summed E-state index contributed by atoms with van der Waals surface area (Å²) >= 11 is 0. The van der Waals surface area contributed by atoms with E-state index in [1.165, 1.54) is 6.08 Å². The molecule has 2 atom stereocenters. The molecule has 0 aromatic carbocycles. The van der Waals surface area contributed by atoms with Crippen molar-refractivity contribution < 1.29 is 19.0 Å². The smallest absolute Gasteiger partial charge is 0.330 e. The average molecular weight is 269 g/mol. The normalized spacial score (nSPS) is 30.6. The lowest BCUT2D eigenvalue weighted by Gasteiger charge is -2.45. The van der Waals surface area contributed by atoms with Crippen LogP contribution in [-0.4, -0.2) is 43.7 Å². The Labute approximate surface area is 114 Å². The van der Waals surface area contributed by atoms with E-state index in [-0.39, 0.29) is 12.0 Å². The molecular formula is C14H23NO4. The zero-order chi connectivity index (χ0) is 13.7. The Bertz CT molecular complexity index is 336. The van der Waals surface area contributed by atoms with Gasteiger partial charge in [-0.3, -0.25) is 0 Å². The lowest BCUT2D eigenvalue weighted by atomic mass is 9.92. The van der Waals surface area contributed by atoms with Crippen molar-refractivity contribution in [2.75, 3.05) is 19.8 Å². The topological polar surface area (TPSA) is 56.8 Å². The highest BCUT2D eigenvalue weighted by atomic mass is 16.7. The predicted octanol–water partition coefficient (Wildman–Crippen LogP) is 1.38. The number of hydrogen-bond acceptors (Lipinski definition) is 5. The summed E-state index contributed by atoms with van der Waals surface area (Å²) in [6.45, 7) is 5.80. The molecule has 5 heteroatoms. The first-order valence-electron chi connectivity index (χ1n) is 7.02. The summed E-state index contributed by atoms with van der Waals surface area (Å²) in [5.74, 6) is -0.783. The second kappa shape index (κ2) is 6.50. The largest absolute Gasteiger partial charge is 0.463 e. The molecule has 0 aromatic rings. The fourth-order valence-electron chi connectivity index (χ4n) is 2.73. The maximum atomic E-state index is 11.3. The molecule has 2 heterocycles. The van der Waals surface area contributed by atoms with Gasteiger partial charge in [0, 0.05) is 31.0 Å². The van der Waals surface area contributed by atoms with Crippen LogP contribution >= 0.6 is 0 Å². The van der Waals surface area contributed by atoms with Crippen LogP contribution in [0.4, 0.5) is 0 Å². The molecule has 0 saturated carbocycles. The van der Waals surface area contributed by atoms with Crippen molar-refractivity contribution in [3.63, 3.8) is 0 Å². The molecule has 0 unspecified atom stereocenters. The van der Waals surface area contributed by atoms with Crippen LogP contribution in [0.3, 0.4) is 0 Å². The number of esters is 1. The molecule has 5 nitrogen and oxygen atoms in total. The van der Waals surface area contributed by atoms with Gasteiger partial charge in [0.15, 0.2) is 5.79 Å². The van der Waals surface area contributed by atoms with Gasteiger partial charge in [0.1, 0.15) is 0 Å². The first-order chi connectivity index (χ1) is 9.13. The summed E-state index contributed by atoms with van der Waals surface area (Å²) in [6.07, 6.45) is 5.85. The van der Waals surface area contributed by atoms with Crippen LogP contribution in [0, 0.1) is 0 Å². The fourth-order valence-corrected chi connectivity index (χ4v) is 2.73. The van der Waals surface area contributed by atoms with E-state index in [0.717, 1.165) is 32.5 Å². The molecule has 0 aromatic heterocycles. The number of rotatable bonds is 3. The van der Waals surface area contributed by atoms with Crippen molar-refractivity contribution >= 4 is 5.97 Å². The summed E-state index contributed by atoms with van der Waals surface area (Å²) in [5.41, 5.74) is 0. The van der Waals surface area contributed by atoms with E-state index >= 15 is 0 Å². The Morgan fingerprint density at radius 2 is 2.16 bits per heavy atom. The van der Waals surface area contributed by atoms with Crippen molar-refractivity contribution in [2.24, 2.45) is 0 Å². The van der Waals surface area contributed by atoms with E-state index in [9.17, 15) is 4.79 Å². The van der Waals surface area contributed by atoms with Crippen LogP contribution in [0.1, 0.15) is 33.1 Å². The van der Waals surface area contributed by atoms with Crippen molar-refractivity contribution in [2.45, 2.75) is 51.0 Å². The molecule has 0 radical (unpaired) electrons. The Kier molecular flexibility index (Phi) is 4.96. The standard InChI is InChI=1S/C14H23NO4/c1-3-17-13(16)6-5-12-10-14(9-11(2)15-12)18-7-4-8-19-14/h5-6,11-12,15H,3-4,7-10H2,1-2H3/b6-5+/t11-,12+/m1/s1. The maximum absolute atomic E-state index is 11.3. The number of nitrogens with one attached hydrogen (secondary N) is 1. The van der Waals surface area contributed by atoms with Gasteiger partial charge in [0.25, 0.3) is 0 Å². The Morgan fingerprint density at radius 1 is 1.42 bits per heavy atom. The van der Waals surface area contributed by atoms with E-state index in [1.54, 1.807) is 6.92 Å². The van der Waals surface area contributed by atoms with Crippen LogP contribution in [0.5, 0.6) is 0 Å². The molecule has 108 valence electrons. The molecule has 0 aliphatic carbocycles. The molecule has 1 spiro atoms. The fraction of sp³-hybridized carbons (Fsp3) is 0.786. The number of carbonyl (C=O) groups excluding carboxylic acids is 1. The minimum absolute atomic E-state index is 0.0752. The highest BCUT2D eigenvalue weighted by Crippen LogP contribution is 2.33. The van der Waals surface area contributed by atoms with Crippen LogP contribution in [0.15, 0.2) is 12.2 Å². The predicted molar refractivity (Wildman–Crippen MR) is 70.6 cm³/mol. The molecule has 2 rings (SSSR count). The lowest BCUT2D eigenvalue weighted by Crippen LogP contribution is -2.55. The van der Waals surface area contributed by atoms with Gasteiger partial charge >= 0.3 is 5.97 Å². The van der Waals surface area contributed by atoms with Gasteiger partial charge < -0.3 is 19.5 Å². The third-order valence-corrected chi connectivity index (χ3v) is 3.42. The Morgan fingerprint density at radius 3 is 2.84 bits per heavy atom. The zero-order valence-corrected chi connectivity index (χ0v) is 11.7.